The maximum absolute atomic E-state index is 4.91. The van der Waals surface area contributed by atoms with Gasteiger partial charge in [-0.3, -0.25) is 4.90 Å². The number of aliphatic imine (C=N–C) groups is 1. The third-order valence-corrected chi connectivity index (χ3v) is 6.22. The van der Waals surface area contributed by atoms with Gasteiger partial charge in [-0.2, -0.15) is 10.1 Å². The number of nitrogens with one attached hydrogen (secondary N) is 1. The van der Waals surface area contributed by atoms with Crippen molar-refractivity contribution in [3.05, 3.63) is 30.4 Å². The molecule has 3 aromatic rings. The predicted octanol–water partition coefficient (Wildman–Crippen LogP) is 2.51. The largest absolute Gasteiger partial charge is 0.323 e. The molecule has 1 N–H and O–H groups in total. The summed E-state index contributed by atoms with van der Waals surface area (Å²) in [6, 6.07) is 2.00. The van der Waals surface area contributed by atoms with Crippen LogP contribution in [0.3, 0.4) is 0 Å². The molecule has 9 heteroatoms. The lowest BCUT2D eigenvalue weighted by Crippen LogP contribution is -2.48. The number of nitrogens with zero attached hydrogens (tertiary/aromatic N) is 8. The molecule has 1 saturated carbocycles. The van der Waals surface area contributed by atoms with E-state index in [1.165, 1.54) is 25.7 Å². The van der Waals surface area contributed by atoms with Crippen LogP contribution < -0.4 is 15.1 Å². The Kier molecular flexibility index (Phi) is 3.05. The lowest BCUT2D eigenvalue weighted by molar-refractivity contribution is 0.472. The number of aryl methyl sites for hydroxylation is 1. The van der Waals surface area contributed by atoms with Crippen molar-refractivity contribution in [3.63, 3.8) is 0 Å². The summed E-state index contributed by atoms with van der Waals surface area (Å²) in [7, 11) is 2.05. The van der Waals surface area contributed by atoms with E-state index in [9.17, 15) is 0 Å². The number of hydrogen-bond donors (Lipinski definition) is 1. The standard InChI is InChI=1S/C19H21N9/c1-12-7-15-22-11-23-27(15)9-13(12)24-17-20-8-14-16(25-17)28-18(26(14)2)21-10-19(28)5-3-4-6-19/h7-9,11H,3-6,10H2,1-2H3,(H,20,24,25). The highest BCUT2D eigenvalue weighted by atomic mass is 15.5. The van der Waals surface area contributed by atoms with Crippen LogP contribution in [0.2, 0.25) is 0 Å². The van der Waals surface area contributed by atoms with E-state index in [-0.39, 0.29) is 5.54 Å². The third-order valence-electron chi connectivity index (χ3n) is 6.22. The number of pyridine rings is 1. The molecule has 0 aromatic carbocycles. The molecule has 0 radical (unpaired) electrons. The maximum Gasteiger partial charge on any atom is 0.229 e. The minimum Gasteiger partial charge on any atom is -0.323 e. The summed E-state index contributed by atoms with van der Waals surface area (Å²) in [6.07, 6.45) is 10.2. The molecule has 1 spiro atoms. The molecular formula is C19H21N9. The first-order chi connectivity index (χ1) is 13.6. The fourth-order valence-electron chi connectivity index (χ4n) is 4.71. The van der Waals surface area contributed by atoms with E-state index >= 15 is 0 Å². The van der Waals surface area contributed by atoms with Crippen molar-refractivity contribution < 1.29 is 0 Å². The molecule has 0 atom stereocenters. The Morgan fingerprint density at radius 3 is 2.89 bits per heavy atom. The first kappa shape index (κ1) is 15.8. The quantitative estimate of drug-likeness (QED) is 0.736. The summed E-state index contributed by atoms with van der Waals surface area (Å²) >= 11 is 0. The second kappa shape index (κ2) is 5.40. The average Bonchev–Trinajstić information content (AvgIpc) is 3.45. The van der Waals surface area contributed by atoms with Gasteiger partial charge in [0, 0.05) is 7.05 Å². The summed E-state index contributed by atoms with van der Waals surface area (Å²) in [5, 5.41) is 7.58. The summed E-state index contributed by atoms with van der Waals surface area (Å²) in [5.74, 6) is 2.54. The van der Waals surface area contributed by atoms with E-state index in [1.54, 1.807) is 10.8 Å². The Morgan fingerprint density at radius 2 is 2.04 bits per heavy atom. The van der Waals surface area contributed by atoms with E-state index in [2.05, 4.69) is 30.2 Å². The number of rotatable bonds is 2. The van der Waals surface area contributed by atoms with Gasteiger partial charge in [-0.25, -0.2) is 19.5 Å². The molecule has 9 nitrogen and oxygen atoms in total. The molecule has 3 aliphatic rings. The second-order valence-electron chi connectivity index (χ2n) is 7.90. The van der Waals surface area contributed by atoms with Crippen LogP contribution in [-0.2, 0) is 0 Å². The maximum atomic E-state index is 4.91. The van der Waals surface area contributed by atoms with Crippen LogP contribution in [-0.4, -0.2) is 49.7 Å². The van der Waals surface area contributed by atoms with Crippen molar-refractivity contribution in [3.8, 4) is 0 Å². The van der Waals surface area contributed by atoms with Crippen molar-refractivity contribution in [2.24, 2.45) is 4.99 Å². The minimum absolute atomic E-state index is 0.0933. The number of hydrogen-bond acceptors (Lipinski definition) is 8. The fraction of sp³-hybridized carbons (Fsp3) is 0.421. The van der Waals surface area contributed by atoms with Crippen molar-refractivity contribution in [2.75, 3.05) is 28.7 Å². The van der Waals surface area contributed by atoms with Crippen molar-refractivity contribution >= 4 is 34.7 Å². The molecule has 142 valence electrons. The van der Waals surface area contributed by atoms with Crippen LogP contribution in [0.25, 0.3) is 5.65 Å². The van der Waals surface area contributed by atoms with Gasteiger partial charge in [0.05, 0.1) is 30.2 Å². The van der Waals surface area contributed by atoms with Crippen LogP contribution >= 0.6 is 0 Å². The predicted molar refractivity (Wildman–Crippen MR) is 107 cm³/mol. The molecule has 0 bridgehead atoms. The zero-order chi connectivity index (χ0) is 18.9. The highest BCUT2D eigenvalue weighted by Gasteiger charge is 2.51. The van der Waals surface area contributed by atoms with Crippen LogP contribution in [0.15, 0.2) is 29.8 Å². The number of anilines is 4. The van der Waals surface area contributed by atoms with E-state index in [1.807, 2.05) is 32.4 Å². The van der Waals surface area contributed by atoms with Crippen LogP contribution in [0.5, 0.6) is 0 Å². The molecule has 1 fully saturated rings. The monoisotopic (exact) mass is 375 g/mol. The summed E-state index contributed by atoms with van der Waals surface area (Å²) in [6.45, 7) is 2.90. The lowest BCUT2D eigenvalue weighted by Gasteiger charge is -2.33. The average molecular weight is 375 g/mol. The first-order valence-corrected chi connectivity index (χ1v) is 9.67. The van der Waals surface area contributed by atoms with Crippen LogP contribution in [0.4, 0.5) is 23.1 Å². The second-order valence-corrected chi connectivity index (χ2v) is 7.90. The number of guanidine groups is 1. The molecule has 5 heterocycles. The molecular weight excluding hydrogens is 354 g/mol. The van der Waals surface area contributed by atoms with E-state index in [0.29, 0.717) is 5.95 Å². The topological polar surface area (TPSA) is 86.8 Å². The first-order valence-electron chi connectivity index (χ1n) is 9.67. The summed E-state index contributed by atoms with van der Waals surface area (Å²) in [4.78, 5) is 23.0. The summed E-state index contributed by atoms with van der Waals surface area (Å²) < 4.78 is 1.75. The SMILES string of the molecule is Cc1cc2ncnn2cc1Nc1ncc2c(n1)N1C(=NCC13CCCC3)N2C. The molecule has 6 rings (SSSR count). The van der Waals surface area contributed by atoms with Gasteiger partial charge in [0.15, 0.2) is 11.5 Å². The van der Waals surface area contributed by atoms with Gasteiger partial charge in [0.2, 0.25) is 11.9 Å². The molecule has 3 aromatic heterocycles. The molecule has 28 heavy (non-hydrogen) atoms. The lowest BCUT2D eigenvalue weighted by atomic mass is 9.97. The zero-order valence-electron chi connectivity index (χ0n) is 15.9. The van der Waals surface area contributed by atoms with Gasteiger partial charge in [-0.1, -0.05) is 12.8 Å². The third kappa shape index (κ3) is 2.04. The van der Waals surface area contributed by atoms with Crippen molar-refractivity contribution in [1.29, 1.82) is 0 Å². The van der Waals surface area contributed by atoms with Gasteiger partial charge in [-0.15, -0.1) is 0 Å². The van der Waals surface area contributed by atoms with E-state index in [4.69, 9.17) is 9.98 Å². The number of fused-ring (bicyclic) bond motifs is 5. The van der Waals surface area contributed by atoms with Gasteiger partial charge in [-0.05, 0) is 31.4 Å². The van der Waals surface area contributed by atoms with E-state index < -0.39 is 0 Å². The summed E-state index contributed by atoms with van der Waals surface area (Å²) in [5.41, 5.74) is 3.91. The Labute approximate surface area is 162 Å². The van der Waals surface area contributed by atoms with E-state index in [0.717, 1.165) is 40.9 Å². The highest BCUT2D eigenvalue weighted by Crippen LogP contribution is 2.48. The van der Waals surface area contributed by atoms with Gasteiger partial charge in [0.1, 0.15) is 12.0 Å². The van der Waals surface area contributed by atoms with Crippen LogP contribution in [0.1, 0.15) is 31.2 Å². The van der Waals surface area contributed by atoms with Gasteiger partial charge < -0.3 is 10.2 Å². The van der Waals surface area contributed by atoms with Gasteiger partial charge in [0.25, 0.3) is 0 Å². The van der Waals surface area contributed by atoms with Crippen molar-refractivity contribution in [1.82, 2.24) is 24.6 Å². The van der Waals surface area contributed by atoms with Crippen molar-refractivity contribution in [2.45, 2.75) is 38.1 Å². The molecule has 1 aliphatic carbocycles. The molecule has 0 unspecified atom stereocenters. The van der Waals surface area contributed by atoms with Gasteiger partial charge >= 0.3 is 0 Å². The molecule has 2 aliphatic heterocycles. The smallest absolute Gasteiger partial charge is 0.229 e. The molecule has 0 amide bonds. The Hall–Kier alpha value is -3.23. The normalized spacial score (nSPS) is 19.4. The Bertz CT molecular complexity index is 1130. The van der Waals surface area contributed by atoms with Crippen LogP contribution in [0, 0.1) is 6.92 Å². The Balaban J connectivity index is 1.40. The number of aromatic nitrogens is 5. The Morgan fingerprint density at radius 1 is 1.18 bits per heavy atom. The minimum atomic E-state index is 0.0933. The fourth-order valence-corrected chi connectivity index (χ4v) is 4.71. The molecule has 0 saturated heterocycles. The zero-order valence-corrected chi connectivity index (χ0v) is 15.9. The highest BCUT2D eigenvalue weighted by molar-refractivity contribution is 6.17.